The van der Waals surface area contributed by atoms with Crippen molar-refractivity contribution in [2.75, 3.05) is 11.9 Å². The molecule has 6 heteroatoms. The van der Waals surface area contributed by atoms with Crippen molar-refractivity contribution in [3.63, 3.8) is 0 Å². The summed E-state index contributed by atoms with van der Waals surface area (Å²) < 4.78 is 5.71. The summed E-state index contributed by atoms with van der Waals surface area (Å²) in [7, 11) is 0. The van der Waals surface area contributed by atoms with E-state index in [2.05, 4.69) is 5.32 Å². The quantitative estimate of drug-likeness (QED) is 0.567. The lowest BCUT2D eigenvalue weighted by molar-refractivity contribution is -0.116. The number of carbonyl (C=O) groups is 2. The first-order valence-electron chi connectivity index (χ1n) is 8.77. The van der Waals surface area contributed by atoms with E-state index in [-0.39, 0.29) is 5.91 Å². The third-order valence-corrected chi connectivity index (χ3v) is 3.88. The van der Waals surface area contributed by atoms with Crippen molar-refractivity contribution in [2.24, 2.45) is 11.5 Å². The second kappa shape index (κ2) is 10.2. The van der Waals surface area contributed by atoms with E-state index in [1.165, 1.54) is 0 Å². The molecule has 0 bridgehead atoms. The Hall–Kier alpha value is -2.86. The topological polar surface area (TPSA) is 107 Å². The summed E-state index contributed by atoms with van der Waals surface area (Å²) in [6.45, 7) is 0.699. The van der Waals surface area contributed by atoms with Crippen molar-refractivity contribution in [2.45, 2.75) is 32.1 Å². The summed E-state index contributed by atoms with van der Waals surface area (Å²) in [6.07, 6.45) is 4.42. The van der Waals surface area contributed by atoms with Crippen LogP contribution in [-0.4, -0.2) is 18.4 Å². The molecule has 2 aromatic rings. The molecule has 0 aliphatic rings. The van der Waals surface area contributed by atoms with E-state index in [1.807, 2.05) is 0 Å². The van der Waals surface area contributed by atoms with E-state index in [0.29, 0.717) is 35.7 Å². The van der Waals surface area contributed by atoms with Crippen LogP contribution < -0.4 is 21.5 Å². The van der Waals surface area contributed by atoms with Crippen LogP contribution in [0.5, 0.6) is 11.5 Å². The van der Waals surface area contributed by atoms with Crippen LogP contribution in [0.3, 0.4) is 0 Å². The van der Waals surface area contributed by atoms with Crippen molar-refractivity contribution in [1.82, 2.24) is 0 Å². The van der Waals surface area contributed by atoms with E-state index < -0.39 is 5.91 Å². The van der Waals surface area contributed by atoms with Gasteiger partial charge in [-0.25, -0.2) is 0 Å². The Morgan fingerprint density at radius 1 is 0.923 bits per heavy atom. The number of para-hydroxylation sites is 1. The molecule has 6 nitrogen and oxygen atoms in total. The molecule has 0 heterocycles. The Bertz CT molecular complexity index is 729. The monoisotopic (exact) mass is 355 g/mol. The van der Waals surface area contributed by atoms with Gasteiger partial charge < -0.3 is 21.5 Å². The van der Waals surface area contributed by atoms with Crippen LogP contribution in [0, 0.1) is 0 Å². The minimum absolute atomic E-state index is 0.00880. The van der Waals surface area contributed by atoms with Crippen LogP contribution in [0.15, 0.2) is 48.5 Å². The molecule has 0 unspecified atom stereocenters. The number of benzene rings is 2. The molecule has 2 aromatic carbocycles. The molecule has 0 spiro atoms. The van der Waals surface area contributed by atoms with Crippen LogP contribution in [0.1, 0.15) is 42.5 Å². The minimum Gasteiger partial charge on any atom is -0.457 e. The third-order valence-electron chi connectivity index (χ3n) is 3.88. The maximum atomic E-state index is 11.9. The van der Waals surface area contributed by atoms with Gasteiger partial charge >= 0.3 is 0 Å². The Balaban J connectivity index is 1.86. The van der Waals surface area contributed by atoms with Crippen LogP contribution in [0.4, 0.5) is 5.69 Å². The number of ether oxygens (including phenoxy) is 1. The molecule has 0 atom stereocenters. The fraction of sp³-hybridized carbons (Fsp3) is 0.300. The number of nitrogens with two attached hydrogens (primary N) is 2. The number of primary amides is 1. The number of anilines is 1. The molecule has 26 heavy (non-hydrogen) atoms. The summed E-state index contributed by atoms with van der Waals surface area (Å²) in [5.74, 6) is 0.397. The summed E-state index contributed by atoms with van der Waals surface area (Å²) in [4.78, 5) is 23.3. The lowest BCUT2D eigenvalue weighted by Gasteiger charge is -2.10. The zero-order valence-corrected chi connectivity index (χ0v) is 14.7. The van der Waals surface area contributed by atoms with Crippen molar-refractivity contribution >= 4 is 17.5 Å². The minimum atomic E-state index is -0.545. The van der Waals surface area contributed by atoms with Crippen LogP contribution >= 0.6 is 0 Å². The maximum absolute atomic E-state index is 11.9. The summed E-state index contributed by atoms with van der Waals surface area (Å²) in [5, 5.41) is 2.86. The number of hydrogen-bond acceptors (Lipinski definition) is 4. The van der Waals surface area contributed by atoms with Crippen LogP contribution in [0.2, 0.25) is 0 Å². The van der Waals surface area contributed by atoms with E-state index in [1.54, 1.807) is 48.5 Å². The Kier molecular flexibility index (Phi) is 7.64. The van der Waals surface area contributed by atoms with Gasteiger partial charge in [0.15, 0.2) is 0 Å². The molecule has 138 valence electrons. The fourth-order valence-electron chi connectivity index (χ4n) is 2.50. The normalized spacial score (nSPS) is 10.3. The molecule has 2 amide bonds. The predicted octanol–water partition coefficient (Wildman–Crippen LogP) is 3.43. The number of hydrogen-bond donors (Lipinski definition) is 3. The van der Waals surface area contributed by atoms with Gasteiger partial charge in [0, 0.05) is 12.1 Å². The zero-order valence-electron chi connectivity index (χ0n) is 14.7. The number of nitrogens with one attached hydrogen (secondary N) is 1. The molecule has 0 saturated carbocycles. The second-order valence-corrected chi connectivity index (χ2v) is 5.99. The molecule has 5 N–H and O–H groups in total. The van der Waals surface area contributed by atoms with Crippen LogP contribution in [0.25, 0.3) is 0 Å². The summed E-state index contributed by atoms with van der Waals surface area (Å²) in [6, 6.07) is 13.8. The van der Waals surface area contributed by atoms with Gasteiger partial charge in [-0.3, -0.25) is 9.59 Å². The third kappa shape index (κ3) is 6.22. The van der Waals surface area contributed by atoms with Crippen molar-refractivity contribution in [1.29, 1.82) is 0 Å². The van der Waals surface area contributed by atoms with Gasteiger partial charge in [0.2, 0.25) is 5.91 Å². The van der Waals surface area contributed by atoms with Crippen molar-refractivity contribution < 1.29 is 14.3 Å². The highest BCUT2D eigenvalue weighted by molar-refractivity contribution is 5.95. The zero-order chi connectivity index (χ0) is 18.8. The smallest absolute Gasteiger partial charge is 0.252 e. The molecular formula is C20H25N3O3. The van der Waals surface area contributed by atoms with Gasteiger partial charge in [-0.15, -0.1) is 0 Å². The van der Waals surface area contributed by atoms with E-state index >= 15 is 0 Å². The lowest BCUT2D eigenvalue weighted by Crippen LogP contribution is -2.12. The van der Waals surface area contributed by atoms with Crippen molar-refractivity contribution in [3.8, 4) is 11.5 Å². The molecular weight excluding hydrogens is 330 g/mol. The van der Waals surface area contributed by atoms with Crippen LogP contribution in [-0.2, 0) is 4.79 Å². The highest BCUT2D eigenvalue weighted by atomic mass is 16.5. The average Bonchev–Trinajstić information content (AvgIpc) is 2.63. The Morgan fingerprint density at radius 3 is 2.31 bits per heavy atom. The maximum Gasteiger partial charge on any atom is 0.252 e. The molecule has 0 aliphatic carbocycles. The van der Waals surface area contributed by atoms with Gasteiger partial charge in [0.1, 0.15) is 11.5 Å². The molecule has 0 saturated heterocycles. The van der Waals surface area contributed by atoms with E-state index in [4.69, 9.17) is 16.2 Å². The highest BCUT2D eigenvalue weighted by Gasteiger charge is 2.09. The number of carbonyl (C=O) groups excluding carboxylic acids is 2. The van der Waals surface area contributed by atoms with E-state index in [0.717, 1.165) is 25.7 Å². The number of rotatable bonds is 10. The predicted molar refractivity (Wildman–Crippen MR) is 102 cm³/mol. The fourth-order valence-corrected chi connectivity index (χ4v) is 2.50. The Labute approximate surface area is 153 Å². The van der Waals surface area contributed by atoms with E-state index in [9.17, 15) is 9.59 Å². The van der Waals surface area contributed by atoms with Gasteiger partial charge in [0.05, 0.1) is 5.56 Å². The lowest BCUT2D eigenvalue weighted by atomic mass is 10.1. The first-order valence-corrected chi connectivity index (χ1v) is 8.77. The second-order valence-electron chi connectivity index (χ2n) is 5.99. The standard InChI is InChI=1S/C20H25N3O3/c21-14-6-2-1-3-9-19(24)23-15-10-12-16(13-11-15)26-18-8-5-4-7-17(18)20(22)25/h4-5,7-8,10-13H,1-3,6,9,14,21H2,(H2,22,25)(H,23,24). The van der Waals surface area contributed by atoms with Gasteiger partial charge in [-0.2, -0.15) is 0 Å². The van der Waals surface area contributed by atoms with Gasteiger partial charge in [-0.05, 0) is 55.8 Å². The first kappa shape index (κ1) is 19.5. The molecule has 0 radical (unpaired) electrons. The molecule has 0 aliphatic heterocycles. The summed E-state index contributed by atoms with van der Waals surface area (Å²) >= 11 is 0. The molecule has 0 fully saturated rings. The van der Waals surface area contributed by atoms with Gasteiger partial charge in [0.25, 0.3) is 5.91 Å². The SMILES string of the molecule is NCCCCCCC(=O)Nc1ccc(Oc2ccccc2C(N)=O)cc1. The average molecular weight is 355 g/mol. The Morgan fingerprint density at radius 2 is 1.62 bits per heavy atom. The number of unbranched alkanes of at least 4 members (excludes halogenated alkanes) is 3. The first-order chi connectivity index (χ1) is 12.6. The molecule has 2 rings (SSSR count). The largest absolute Gasteiger partial charge is 0.457 e. The summed E-state index contributed by atoms with van der Waals surface area (Å²) in [5.41, 5.74) is 11.8. The van der Waals surface area contributed by atoms with Gasteiger partial charge in [-0.1, -0.05) is 25.0 Å². The van der Waals surface area contributed by atoms with Crippen molar-refractivity contribution in [3.05, 3.63) is 54.1 Å². The highest BCUT2D eigenvalue weighted by Crippen LogP contribution is 2.26. The molecule has 0 aromatic heterocycles. The number of amides is 2.